The maximum absolute atomic E-state index is 13.1. The minimum Gasteiger partial charge on any atom is -0.439 e. The zero-order valence-corrected chi connectivity index (χ0v) is 10.7. The van der Waals surface area contributed by atoms with Crippen molar-refractivity contribution in [2.24, 2.45) is 0 Å². The highest BCUT2D eigenvalue weighted by atomic mass is 35.5. The molecule has 0 amide bonds. The van der Waals surface area contributed by atoms with Gasteiger partial charge in [-0.25, -0.2) is 9.37 Å². The fraction of sp³-hybridized carbons (Fsp3) is 0.154. The molecule has 106 valence electrons. The summed E-state index contributed by atoms with van der Waals surface area (Å²) >= 11 is 5.58. The second kappa shape index (κ2) is 5.66. The third-order valence-corrected chi connectivity index (χ3v) is 2.73. The molecule has 0 N–H and O–H groups in total. The van der Waals surface area contributed by atoms with Crippen LogP contribution in [0, 0.1) is 5.82 Å². The Bertz CT molecular complexity index is 598. The van der Waals surface area contributed by atoms with E-state index in [9.17, 15) is 17.6 Å². The Hall–Kier alpha value is -1.82. The smallest absolute Gasteiger partial charge is 0.419 e. The van der Waals surface area contributed by atoms with Gasteiger partial charge in [0.25, 0.3) is 0 Å². The van der Waals surface area contributed by atoms with Crippen LogP contribution in [0.4, 0.5) is 17.6 Å². The van der Waals surface area contributed by atoms with Gasteiger partial charge in [0.1, 0.15) is 11.6 Å². The molecule has 0 fully saturated rings. The van der Waals surface area contributed by atoms with Crippen LogP contribution in [-0.4, -0.2) is 4.98 Å². The van der Waals surface area contributed by atoms with E-state index in [2.05, 4.69) is 4.98 Å². The van der Waals surface area contributed by atoms with Crippen LogP contribution in [0.3, 0.4) is 0 Å². The standard InChI is InChI=1S/C13H8ClF4NO/c14-6-8-1-4-12(19-7-8)20-9-2-3-11(15)10(5-9)13(16,17)18/h1-5,7H,6H2. The number of benzene rings is 1. The molecule has 7 heteroatoms. The SMILES string of the molecule is Fc1ccc(Oc2ccc(CCl)cn2)cc1C(F)(F)F. The van der Waals surface area contributed by atoms with Gasteiger partial charge in [0.15, 0.2) is 0 Å². The number of hydrogen-bond donors (Lipinski definition) is 0. The summed E-state index contributed by atoms with van der Waals surface area (Å²) in [4.78, 5) is 3.88. The molecule has 20 heavy (non-hydrogen) atoms. The Kier molecular flexibility index (Phi) is 4.13. The molecule has 2 aromatic rings. The van der Waals surface area contributed by atoms with Gasteiger partial charge in [-0.1, -0.05) is 6.07 Å². The summed E-state index contributed by atoms with van der Waals surface area (Å²) in [5, 5.41) is 0. The predicted octanol–water partition coefficient (Wildman–Crippen LogP) is 4.77. The topological polar surface area (TPSA) is 22.1 Å². The van der Waals surface area contributed by atoms with Crippen LogP contribution in [-0.2, 0) is 12.1 Å². The second-order valence-electron chi connectivity index (χ2n) is 3.88. The Labute approximate surface area is 117 Å². The number of pyridine rings is 1. The van der Waals surface area contributed by atoms with E-state index < -0.39 is 17.6 Å². The number of halogens is 5. The fourth-order valence-electron chi connectivity index (χ4n) is 1.46. The molecule has 0 aliphatic rings. The van der Waals surface area contributed by atoms with Crippen molar-refractivity contribution < 1.29 is 22.3 Å². The normalized spacial score (nSPS) is 11.4. The Morgan fingerprint density at radius 3 is 2.45 bits per heavy atom. The van der Waals surface area contributed by atoms with Gasteiger partial charge in [-0.15, -0.1) is 11.6 Å². The summed E-state index contributed by atoms with van der Waals surface area (Å²) in [6.07, 6.45) is -3.34. The summed E-state index contributed by atoms with van der Waals surface area (Å²) < 4.78 is 55.9. The van der Waals surface area contributed by atoms with Gasteiger partial charge in [-0.3, -0.25) is 0 Å². The molecule has 0 saturated heterocycles. The summed E-state index contributed by atoms with van der Waals surface area (Å²) in [6.45, 7) is 0. The van der Waals surface area contributed by atoms with Crippen molar-refractivity contribution in [1.82, 2.24) is 4.98 Å². The van der Waals surface area contributed by atoms with Crippen LogP contribution in [0.5, 0.6) is 11.6 Å². The minimum atomic E-state index is -4.78. The van der Waals surface area contributed by atoms with Crippen molar-refractivity contribution in [2.75, 3.05) is 0 Å². The lowest BCUT2D eigenvalue weighted by atomic mass is 10.2. The molecule has 0 unspecified atom stereocenters. The first-order chi connectivity index (χ1) is 9.40. The summed E-state index contributed by atoms with van der Waals surface area (Å²) in [6, 6.07) is 5.48. The summed E-state index contributed by atoms with van der Waals surface area (Å²) in [7, 11) is 0. The lowest BCUT2D eigenvalue weighted by Gasteiger charge is -2.10. The average Bonchev–Trinajstić information content (AvgIpc) is 2.40. The molecule has 0 spiro atoms. The lowest BCUT2D eigenvalue weighted by Crippen LogP contribution is -2.08. The molecule has 2 rings (SSSR count). The highest BCUT2D eigenvalue weighted by Crippen LogP contribution is 2.34. The predicted molar refractivity (Wildman–Crippen MR) is 65.3 cm³/mol. The molecule has 1 heterocycles. The Morgan fingerprint density at radius 2 is 1.90 bits per heavy atom. The highest BCUT2D eigenvalue weighted by molar-refractivity contribution is 6.17. The van der Waals surface area contributed by atoms with Crippen molar-refractivity contribution in [1.29, 1.82) is 0 Å². The Morgan fingerprint density at radius 1 is 1.15 bits per heavy atom. The first-order valence-corrected chi connectivity index (χ1v) is 5.99. The zero-order valence-electron chi connectivity index (χ0n) is 9.92. The van der Waals surface area contributed by atoms with E-state index in [0.717, 1.165) is 11.6 Å². The van der Waals surface area contributed by atoms with Gasteiger partial charge >= 0.3 is 6.18 Å². The molecule has 0 aliphatic heterocycles. The maximum Gasteiger partial charge on any atom is 0.419 e. The minimum absolute atomic E-state index is 0.0959. The molecule has 1 aromatic heterocycles. The number of hydrogen-bond acceptors (Lipinski definition) is 2. The van der Waals surface area contributed by atoms with Crippen LogP contribution >= 0.6 is 11.6 Å². The van der Waals surface area contributed by atoms with Gasteiger partial charge in [0.2, 0.25) is 5.88 Å². The van der Waals surface area contributed by atoms with Gasteiger partial charge in [0, 0.05) is 18.1 Å². The quantitative estimate of drug-likeness (QED) is 0.602. The van der Waals surface area contributed by atoms with Gasteiger partial charge < -0.3 is 4.74 Å². The van der Waals surface area contributed by atoms with Crippen LogP contribution < -0.4 is 4.74 Å². The molecule has 0 atom stereocenters. The molecule has 1 aromatic carbocycles. The van der Waals surface area contributed by atoms with Gasteiger partial charge in [-0.2, -0.15) is 13.2 Å². The Balaban J connectivity index is 2.25. The van der Waals surface area contributed by atoms with E-state index in [1.54, 1.807) is 6.07 Å². The van der Waals surface area contributed by atoms with Gasteiger partial charge in [0.05, 0.1) is 5.56 Å². The van der Waals surface area contributed by atoms with Crippen molar-refractivity contribution in [2.45, 2.75) is 12.1 Å². The molecule has 0 radical (unpaired) electrons. The fourth-order valence-corrected chi connectivity index (χ4v) is 1.61. The second-order valence-corrected chi connectivity index (χ2v) is 4.15. The third-order valence-electron chi connectivity index (χ3n) is 2.42. The molecule has 0 aliphatic carbocycles. The van der Waals surface area contributed by atoms with E-state index in [4.69, 9.17) is 16.3 Å². The van der Waals surface area contributed by atoms with Crippen LogP contribution in [0.15, 0.2) is 36.5 Å². The molecule has 0 saturated carbocycles. The first kappa shape index (κ1) is 14.6. The largest absolute Gasteiger partial charge is 0.439 e. The lowest BCUT2D eigenvalue weighted by molar-refractivity contribution is -0.140. The number of aromatic nitrogens is 1. The van der Waals surface area contributed by atoms with E-state index in [-0.39, 0.29) is 17.5 Å². The van der Waals surface area contributed by atoms with Crippen LogP contribution in [0.2, 0.25) is 0 Å². The average molecular weight is 306 g/mol. The van der Waals surface area contributed by atoms with Crippen molar-refractivity contribution >= 4 is 11.6 Å². The number of ether oxygens (including phenoxy) is 1. The van der Waals surface area contributed by atoms with Crippen molar-refractivity contribution in [3.8, 4) is 11.6 Å². The summed E-state index contributed by atoms with van der Waals surface area (Å²) in [5.41, 5.74) is -0.638. The molecular weight excluding hydrogens is 298 g/mol. The molecular formula is C13H8ClF4NO. The van der Waals surface area contributed by atoms with E-state index >= 15 is 0 Å². The first-order valence-electron chi connectivity index (χ1n) is 5.45. The monoisotopic (exact) mass is 305 g/mol. The molecule has 2 nitrogen and oxygen atoms in total. The van der Waals surface area contributed by atoms with E-state index in [1.807, 2.05) is 0 Å². The summed E-state index contributed by atoms with van der Waals surface area (Å²) in [5.74, 6) is -1.14. The van der Waals surface area contributed by atoms with E-state index in [1.165, 1.54) is 12.3 Å². The zero-order chi connectivity index (χ0) is 14.8. The number of nitrogens with zero attached hydrogens (tertiary/aromatic N) is 1. The van der Waals surface area contributed by atoms with Crippen LogP contribution in [0.25, 0.3) is 0 Å². The maximum atomic E-state index is 13.1. The molecule has 0 bridgehead atoms. The van der Waals surface area contributed by atoms with Crippen molar-refractivity contribution in [3.63, 3.8) is 0 Å². The van der Waals surface area contributed by atoms with Gasteiger partial charge in [-0.05, 0) is 23.8 Å². The highest BCUT2D eigenvalue weighted by Gasteiger charge is 2.34. The number of alkyl halides is 4. The number of rotatable bonds is 3. The van der Waals surface area contributed by atoms with Crippen molar-refractivity contribution in [3.05, 3.63) is 53.5 Å². The van der Waals surface area contributed by atoms with E-state index in [0.29, 0.717) is 12.1 Å². The van der Waals surface area contributed by atoms with Crippen LogP contribution in [0.1, 0.15) is 11.1 Å². The third kappa shape index (κ3) is 3.39.